The number of aliphatic hydroxyl groups is 1. The highest BCUT2D eigenvalue weighted by molar-refractivity contribution is 8.02. The first-order chi connectivity index (χ1) is 16.1. The summed E-state index contributed by atoms with van der Waals surface area (Å²) in [5.74, 6) is -1.23. The molecule has 1 aromatic rings. The number of likely N-dealkylation sites (tertiary alicyclic amines) is 1. The molecule has 0 aliphatic carbocycles. The van der Waals surface area contributed by atoms with Crippen LogP contribution in [0.2, 0.25) is 0 Å². The second kappa shape index (κ2) is 9.19. The molecule has 1 spiro atoms. The first-order valence-corrected chi connectivity index (χ1v) is 13.2. The van der Waals surface area contributed by atoms with Crippen molar-refractivity contribution in [2.45, 2.75) is 69.5 Å². The van der Waals surface area contributed by atoms with E-state index in [1.807, 2.05) is 45.9 Å². The van der Waals surface area contributed by atoms with Gasteiger partial charge in [0, 0.05) is 18.0 Å². The third-order valence-electron chi connectivity index (χ3n) is 8.06. The molecule has 3 unspecified atom stereocenters. The molecule has 3 saturated heterocycles. The highest BCUT2D eigenvalue weighted by atomic mass is 32.2. The fourth-order valence-electron chi connectivity index (χ4n) is 6.64. The first-order valence-electron chi connectivity index (χ1n) is 12.3. The van der Waals surface area contributed by atoms with Crippen LogP contribution in [0.15, 0.2) is 18.2 Å². The number of thioether (sulfide) groups is 1. The van der Waals surface area contributed by atoms with Crippen LogP contribution in [0.3, 0.4) is 0 Å². The molecule has 7 atom stereocenters. The predicted octanol–water partition coefficient (Wildman–Crippen LogP) is 2.73. The number of hydrogen-bond acceptors (Lipinski definition) is 5. The Labute approximate surface area is 206 Å². The lowest BCUT2D eigenvalue weighted by molar-refractivity contribution is -0.142. The van der Waals surface area contributed by atoms with Crippen LogP contribution in [-0.4, -0.2) is 63.5 Å². The SMILES string of the molecule is CNC(=O)[C@@H]1[C@H]2C(=O)N([C@@H](CO)CC(C)C)C(C(=O)Nc3c(C)cccc3C)C23S[C@@H]1CC3C. The number of rotatable bonds is 7. The number of benzene rings is 1. The smallest absolute Gasteiger partial charge is 0.248 e. The average molecular weight is 488 g/mol. The third kappa shape index (κ3) is 3.65. The average Bonchev–Trinajstić information content (AvgIpc) is 3.37. The molecular formula is C26H37N3O4S. The number of para-hydroxylation sites is 1. The van der Waals surface area contributed by atoms with E-state index in [0.29, 0.717) is 6.42 Å². The van der Waals surface area contributed by atoms with Crippen LogP contribution in [0.25, 0.3) is 0 Å². The van der Waals surface area contributed by atoms with E-state index < -0.39 is 28.7 Å². The number of nitrogens with one attached hydrogen (secondary N) is 2. The highest BCUT2D eigenvalue weighted by Crippen LogP contribution is 2.68. The lowest BCUT2D eigenvalue weighted by Gasteiger charge is -2.40. The van der Waals surface area contributed by atoms with Crippen LogP contribution >= 0.6 is 11.8 Å². The number of aryl methyl sites for hydroxylation is 2. The van der Waals surface area contributed by atoms with Crippen molar-refractivity contribution in [2.24, 2.45) is 23.7 Å². The number of amides is 3. The minimum Gasteiger partial charge on any atom is -0.394 e. The van der Waals surface area contributed by atoms with E-state index in [-0.39, 0.29) is 41.4 Å². The van der Waals surface area contributed by atoms with Crippen molar-refractivity contribution >= 4 is 35.2 Å². The molecule has 3 amide bonds. The van der Waals surface area contributed by atoms with Crippen molar-refractivity contribution < 1.29 is 19.5 Å². The van der Waals surface area contributed by atoms with Crippen molar-refractivity contribution in [3.05, 3.63) is 29.3 Å². The zero-order valence-electron chi connectivity index (χ0n) is 20.9. The van der Waals surface area contributed by atoms with Crippen molar-refractivity contribution in [3.8, 4) is 0 Å². The van der Waals surface area contributed by atoms with E-state index in [1.54, 1.807) is 23.7 Å². The van der Waals surface area contributed by atoms with Crippen LogP contribution in [0.5, 0.6) is 0 Å². The molecule has 186 valence electrons. The first kappa shape index (κ1) is 25.0. The fraction of sp³-hybridized carbons (Fsp3) is 0.654. The second-order valence-corrected chi connectivity index (χ2v) is 12.2. The van der Waals surface area contributed by atoms with E-state index in [2.05, 4.69) is 17.6 Å². The molecule has 3 heterocycles. The molecule has 3 N–H and O–H groups in total. The summed E-state index contributed by atoms with van der Waals surface area (Å²) < 4.78 is -0.690. The monoisotopic (exact) mass is 487 g/mol. The Morgan fingerprint density at radius 1 is 1.24 bits per heavy atom. The molecule has 1 aromatic carbocycles. The van der Waals surface area contributed by atoms with Crippen molar-refractivity contribution in [2.75, 3.05) is 19.0 Å². The number of anilines is 1. The van der Waals surface area contributed by atoms with Crippen LogP contribution in [0.1, 0.15) is 44.7 Å². The largest absolute Gasteiger partial charge is 0.394 e. The minimum atomic E-state index is -0.750. The summed E-state index contributed by atoms with van der Waals surface area (Å²) in [6, 6.07) is 4.64. The van der Waals surface area contributed by atoms with Gasteiger partial charge in [-0.2, -0.15) is 0 Å². The molecule has 3 fully saturated rings. The summed E-state index contributed by atoms with van der Waals surface area (Å²) in [6.45, 7) is 9.89. The molecule has 0 aromatic heterocycles. The van der Waals surface area contributed by atoms with Crippen LogP contribution in [0.4, 0.5) is 5.69 Å². The van der Waals surface area contributed by atoms with E-state index >= 15 is 0 Å². The molecule has 34 heavy (non-hydrogen) atoms. The lowest BCUT2D eigenvalue weighted by Crippen LogP contribution is -2.57. The minimum absolute atomic E-state index is 0.0132. The van der Waals surface area contributed by atoms with E-state index in [4.69, 9.17) is 0 Å². The van der Waals surface area contributed by atoms with E-state index in [9.17, 15) is 19.5 Å². The van der Waals surface area contributed by atoms with E-state index in [1.165, 1.54) is 0 Å². The van der Waals surface area contributed by atoms with Crippen LogP contribution in [-0.2, 0) is 14.4 Å². The van der Waals surface area contributed by atoms with Crippen molar-refractivity contribution in [1.82, 2.24) is 10.2 Å². The summed E-state index contributed by atoms with van der Waals surface area (Å²) in [6.07, 6.45) is 1.38. The van der Waals surface area contributed by atoms with Crippen LogP contribution in [0, 0.1) is 37.5 Å². The van der Waals surface area contributed by atoms with Gasteiger partial charge < -0.3 is 20.6 Å². The molecule has 4 rings (SSSR count). The zero-order valence-corrected chi connectivity index (χ0v) is 21.7. The molecule has 0 saturated carbocycles. The molecule has 8 heteroatoms. The zero-order chi connectivity index (χ0) is 24.9. The van der Waals surface area contributed by atoms with Gasteiger partial charge in [-0.1, -0.05) is 39.0 Å². The Balaban J connectivity index is 1.82. The molecule has 3 aliphatic rings. The Bertz CT molecular complexity index is 978. The topological polar surface area (TPSA) is 98.7 Å². The quantitative estimate of drug-likeness (QED) is 0.549. The maximum Gasteiger partial charge on any atom is 0.248 e. The van der Waals surface area contributed by atoms with Crippen molar-refractivity contribution in [3.63, 3.8) is 0 Å². The Morgan fingerprint density at radius 2 is 1.88 bits per heavy atom. The Hall–Kier alpha value is -2.06. The van der Waals surface area contributed by atoms with Gasteiger partial charge in [0.2, 0.25) is 17.7 Å². The Morgan fingerprint density at radius 3 is 2.44 bits per heavy atom. The number of carbonyl (C=O) groups is 3. The van der Waals surface area contributed by atoms with Gasteiger partial charge in [-0.15, -0.1) is 11.8 Å². The summed E-state index contributed by atoms with van der Waals surface area (Å²) >= 11 is 1.65. The van der Waals surface area contributed by atoms with Gasteiger partial charge in [-0.25, -0.2) is 0 Å². The fourth-order valence-corrected chi connectivity index (χ4v) is 9.05. The van der Waals surface area contributed by atoms with Gasteiger partial charge in [0.15, 0.2) is 0 Å². The van der Waals surface area contributed by atoms with Gasteiger partial charge in [0.05, 0.1) is 29.2 Å². The van der Waals surface area contributed by atoms with Gasteiger partial charge in [-0.3, -0.25) is 14.4 Å². The lowest BCUT2D eigenvalue weighted by atomic mass is 9.66. The number of nitrogens with zero attached hydrogens (tertiary/aromatic N) is 1. The number of aliphatic hydroxyl groups excluding tert-OH is 1. The normalized spacial score (nSPS) is 32.8. The number of fused-ring (bicyclic) bond motifs is 1. The molecule has 3 aliphatic heterocycles. The number of hydrogen-bond donors (Lipinski definition) is 3. The molecule has 2 bridgehead atoms. The van der Waals surface area contributed by atoms with Gasteiger partial charge >= 0.3 is 0 Å². The summed E-state index contributed by atoms with van der Waals surface area (Å²) in [7, 11) is 1.60. The maximum absolute atomic E-state index is 14.1. The third-order valence-corrected chi connectivity index (χ3v) is 10.1. The number of carbonyl (C=O) groups excluding carboxylic acids is 3. The summed E-state index contributed by atoms with van der Waals surface area (Å²) in [5, 5.41) is 16.2. The Kier molecular flexibility index (Phi) is 6.77. The highest BCUT2D eigenvalue weighted by Gasteiger charge is 2.76. The van der Waals surface area contributed by atoms with Gasteiger partial charge in [0.25, 0.3) is 0 Å². The van der Waals surface area contributed by atoms with Gasteiger partial charge in [0.1, 0.15) is 6.04 Å². The molecule has 7 nitrogen and oxygen atoms in total. The standard InChI is InChI=1S/C26H37N3O4S/c1-13(2)10-17(12-30)29-22(24(32)28-21-14(3)8-7-9-15(21)4)26-16(5)11-18(34-26)19(23(31)27-6)20(26)25(29)33/h7-9,13,16-20,22,30H,10-12H2,1-6H3,(H,27,31)(H,28,32)/t16?,17-,18-,19+,20+,22?,26?/m1/s1. The second-order valence-electron chi connectivity index (χ2n) is 10.6. The molecule has 0 radical (unpaired) electrons. The van der Waals surface area contributed by atoms with Gasteiger partial charge in [-0.05, 0) is 49.7 Å². The summed E-state index contributed by atoms with van der Waals surface area (Å²) in [5.41, 5.74) is 2.68. The van der Waals surface area contributed by atoms with Crippen molar-refractivity contribution in [1.29, 1.82) is 0 Å². The van der Waals surface area contributed by atoms with Crippen LogP contribution < -0.4 is 10.6 Å². The molecular weight excluding hydrogens is 450 g/mol. The predicted molar refractivity (Wildman–Crippen MR) is 134 cm³/mol. The maximum atomic E-state index is 14.1. The summed E-state index contributed by atoms with van der Waals surface area (Å²) in [4.78, 5) is 42.7. The van der Waals surface area contributed by atoms with E-state index in [0.717, 1.165) is 23.2 Å².